The predicted molar refractivity (Wildman–Crippen MR) is 163 cm³/mol. The summed E-state index contributed by atoms with van der Waals surface area (Å²) >= 11 is 0. The average Bonchev–Trinajstić information content (AvgIpc) is 3.66. The fourth-order valence-electron chi connectivity index (χ4n) is 7.56. The Labute approximate surface area is 251 Å². The van der Waals surface area contributed by atoms with Crippen molar-refractivity contribution in [1.82, 2.24) is 19.7 Å². The monoisotopic (exact) mass is 576 g/mol. The number of para-hydroxylation sites is 1. The number of piperidine rings is 1. The lowest BCUT2D eigenvalue weighted by molar-refractivity contribution is -0.158. The van der Waals surface area contributed by atoms with E-state index in [0.717, 1.165) is 66.6 Å². The van der Waals surface area contributed by atoms with Gasteiger partial charge in [0.1, 0.15) is 6.04 Å². The Bertz CT molecular complexity index is 1680. The summed E-state index contributed by atoms with van der Waals surface area (Å²) in [6.45, 7) is 4.08. The Kier molecular flexibility index (Phi) is 6.59. The molecule has 2 fully saturated rings. The molecule has 2 saturated heterocycles. The van der Waals surface area contributed by atoms with E-state index in [9.17, 15) is 9.59 Å². The molecule has 3 aromatic carbocycles. The van der Waals surface area contributed by atoms with Crippen LogP contribution in [0.1, 0.15) is 47.7 Å². The smallest absolute Gasteiger partial charge is 0.246 e. The quantitative estimate of drug-likeness (QED) is 0.354. The zero-order valence-corrected chi connectivity index (χ0v) is 24.2. The molecule has 1 N–H and O–H groups in total. The molecule has 0 bridgehead atoms. The first kappa shape index (κ1) is 26.3. The highest BCUT2D eigenvalue weighted by Crippen LogP contribution is 2.45. The number of nitrogens with one attached hydrogen (secondary N) is 1. The van der Waals surface area contributed by atoms with Crippen LogP contribution >= 0.6 is 0 Å². The second-order valence-electron chi connectivity index (χ2n) is 12.4. The van der Waals surface area contributed by atoms with E-state index in [0.29, 0.717) is 30.4 Å². The number of rotatable bonds is 6. The number of carbonyl (C=O) groups is 2. The van der Waals surface area contributed by atoms with Gasteiger partial charge < -0.3 is 24.3 Å². The van der Waals surface area contributed by atoms with Crippen LogP contribution in [0.5, 0.6) is 11.5 Å². The van der Waals surface area contributed by atoms with Crippen LogP contribution < -0.4 is 9.47 Å². The van der Waals surface area contributed by atoms with Gasteiger partial charge in [0.25, 0.3) is 0 Å². The molecule has 2 amide bonds. The number of hydrogen-bond donors (Lipinski definition) is 1. The first-order valence-electron chi connectivity index (χ1n) is 15.5. The largest absolute Gasteiger partial charge is 0.454 e. The first-order chi connectivity index (χ1) is 21.1. The molecule has 0 unspecified atom stereocenters. The van der Waals surface area contributed by atoms with E-state index in [4.69, 9.17) is 9.47 Å². The van der Waals surface area contributed by atoms with Crippen LogP contribution in [0.4, 0.5) is 0 Å². The second-order valence-corrected chi connectivity index (χ2v) is 12.4. The van der Waals surface area contributed by atoms with Crippen molar-refractivity contribution in [2.75, 3.05) is 33.0 Å². The van der Waals surface area contributed by atoms with Crippen LogP contribution in [0.15, 0.2) is 72.8 Å². The number of amides is 2. The van der Waals surface area contributed by atoms with E-state index in [1.807, 2.05) is 40.1 Å². The molecule has 8 heteroatoms. The summed E-state index contributed by atoms with van der Waals surface area (Å²) in [7, 11) is 0. The van der Waals surface area contributed by atoms with E-state index in [2.05, 4.69) is 52.3 Å². The predicted octanol–water partition coefficient (Wildman–Crippen LogP) is 4.88. The highest BCUT2D eigenvalue weighted by molar-refractivity contribution is 5.97. The van der Waals surface area contributed by atoms with Gasteiger partial charge in [0.05, 0.1) is 12.6 Å². The maximum atomic E-state index is 14.1. The zero-order chi connectivity index (χ0) is 28.9. The Balaban J connectivity index is 1.01. The molecule has 4 aliphatic heterocycles. The van der Waals surface area contributed by atoms with E-state index in [-0.39, 0.29) is 25.2 Å². The van der Waals surface area contributed by atoms with Gasteiger partial charge in [-0.3, -0.25) is 14.5 Å². The van der Waals surface area contributed by atoms with Crippen LogP contribution in [-0.4, -0.2) is 70.5 Å². The summed E-state index contributed by atoms with van der Waals surface area (Å²) in [5.41, 5.74) is 5.39. The van der Waals surface area contributed by atoms with Gasteiger partial charge >= 0.3 is 0 Å². The summed E-state index contributed by atoms with van der Waals surface area (Å²) in [5, 5.41) is 1.11. The summed E-state index contributed by atoms with van der Waals surface area (Å²) in [4.78, 5) is 37.9. The van der Waals surface area contributed by atoms with Crippen molar-refractivity contribution in [3.8, 4) is 11.5 Å². The SMILES string of the molecule is O=C1[C@H]2Cc3c([nH]c4ccccc34)[C@@H](c3ccc4c(c3)OCO4)N2C(=O)CN1CCC1CCN(Cc2ccccc2)CC1. The first-order valence-corrected chi connectivity index (χ1v) is 15.5. The lowest BCUT2D eigenvalue weighted by Gasteiger charge is -2.47. The van der Waals surface area contributed by atoms with Crippen molar-refractivity contribution in [1.29, 1.82) is 0 Å². The number of likely N-dealkylation sites (tertiary alicyclic amines) is 1. The highest BCUT2D eigenvalue weighted by Gasteiger charge is 2.48. The standard InChI is InChI=1S/C35H36N4O4/c40-32-21-38(17-14-23-12-15-37(16-13-23)20-24-6-2-1-3-7-24)35(41)29-19-27-26-8-4-5-9-28(26)36-33(27)34(39(29)32)25-10-11-30-31(18-25)43-22-42-30/h1-11,18,23,29,34,36H,12-17,19-22H2/t29-,34-/m1/s1. The van der Waals surface area contributed by atoms with Gasteiger partial charge in [0.15, 0.2) is 11.5 Å². The normalized spacial score (nSPS) is 22.2. The molecule has 8 rings (SSSR count). The minimum Gasteiger partial charge on any atom is -0.454 e. The Morgan fingerprint density at radius 1 is 0.884 bits per heavy atom. The van der Waals surface area contributed by atoms with Crippen molar-refractivity contribution >= 4 is 22.7 Å². The number of aromatic nitrogens is 1. The van der Waals surface area contributed by atoms with Crippen molar-refractivity contribution in [2.45, 2.75) is 44.3 Å². The number of benzene rings is 3. The molecular weight excluding hydrogens is 540 g/mol. The average molecular weight is 577 g/mol. The second kappa shape index (κ2) is 10.8. The van der Waals surface area contributed by atoms with Crippen molar-refractivity contribution < 1.29 is 19.1 Å². The Morgan fingerprint density at radius 2 is 1.67 bits per heavy atom. The van der Waals surface area contributed by atoms with Crippen LogP contribution in [0.2, 0.25) is 0 Å². The molecule has 4 aromatic rings. The fourth-order valence-corrected chi connectivity index (χ4v) is 7.56. The van der Waals surface area contributed by atoms with Crippen LogP contribution in [-0.2, 0) is 22.6 Å². The Morgan fingerprint density at radius 3 is 2.53 bits per heavy atom. The van der Waals surface area contributed by atoms with Crippen LogP contribution in [0.25, 0.3) is 10.9 Å². The molecular formula is C35H36N4O4. The molecule has 5 heterocycles. The minimum atomic E-state index is -0.531. The number of nitrogens with zero attached hydrogens (tertiary/aromatic N) is 3. The fraction of sp³-hybridized carbons (Fsp3) is 0.371. The highest BCUT2D eigenvalue weighted by atomic mass is 16.7. The molecule has 220 valence electrons. The van der Waals surface area contributed by atoms with E-state index in [1.54, 1.807) is 0 Å². The van der Waals surface area contributed by atoms with Gasteiger partial charge in [-0.05, 0) is 73.2 Å². The van der Waals surface area contributed by atoms with E-state index < -0.39 is 12.1 Å². The van der Waals surface area contributed by atoms with Gasteiger partial charge in [-0.25, -0.2) is 0 Å². The molecule has 1 aromatic heterocycles. The van der Waals surface area contributed by atoms with Crippen molar-refractivity contribution in [3.63, 3.8) is 0 Å². The lowest BCUT2D eigenvalue weighted by Crippen LogP contribution is -2.63. The van der Waals surface area contributed by atoms with Crippen molar-refractivity contribution in [2.24, 2.45) is 5.92 Å². The van der Waals surface area contributed by atoms with Crippen molar-refractivity contribution in [3.05, 3.63) is 95.2 Å². The van der Waals surface area contributed by atoms with Gasteiger partial charge in [-0.15, -0.1) is 0 Å². The van der Waals surface area contributed by atoms with Gasteiger partial charge in [-0.1, -0.05) is 54.6 Å². The number of aromatic amines is 1. The summed E-state index contributed by atoms with van der Waals surface area (Å²) in [6, 6.07) is 23.8. The summed E-state index contributed by atoms with van der Waals surface area (Å²) < 4.78 is 11.2. The molecule has 0 aliphatic carbocycles. The zero-order valence-electron chi connectivity index (χ0n) is 24.2. The van der Waals surface area contributed by atoms with E-state index >= 15 is 0 Å². The summed E-state index contributed by atoms with van der Waals surface area (Å²) in [6.07, 6.45) is 3.71. The number of piperazine rings is 1. The number of hydrogen-bond acceptors (Lipinski definition) is 5. The van der Waals surface area contributed by atoms with Gasteiger partial charge in [-0.2, -0.15) is 0 Å². The number of H-pyrrole nitrogens is 1. The van der Waals surface area contributed by atoms with E-state index in [1.165, 1.54) is 5.56 Å². The minimum absolute atomic E-state index is 0.00532. The third-order valence-corrected chi connectivity index (χ3v) is 9.82. The summed E-state index contributed by atoms with van der Waals surface area (Å²) in [5.74, 6) is 1.99. The molecule has 8 nitrogen and oxygen atoms in total. The maximum Gasteiger partial charge on any atom is 0.246 e. The molecule has 0 radical (unpaired) electrons. The molecule has 0 spiro atoms. The molecule has 4 aliphatic rings. The van der Waals surface area contributed by atoms with Gasteiger partial charge in [0.2, 0.25) is 18.6 Å². The lowest BCUT2D eigenvalue weighted by atomic mass is 9.86. The molecule has 43 heavy (non-hydrogen) atoms. The van der Waals surface area contributed by atoms with Crippen LogP contribution in [0.3, 0.4) is 0 Å². The Hall–Kier alpha value is -4.30. The molecule has 2 atom stereocenters. The molecule has 0 saturated carbocycles. The number of fused-ring (bicyclic) bond motifs is 5. The number of ether oxygens (including phenoxy) is 2. The third kappa shape index (κ3) is 4.74. The number of carbonyl (C=O) groups excluding carboxylic acids is 2. The topological polar surface area (TPSA) is 78.1 Å². The maximum absolute atomic E-state index is 14.1. The van der Waals surface area contributed by atoms with Gasteiger partial charge in [0, 0.05) is 36.1 Å². The van der Waals surface area contributed by atoms with Crippen LogP contribution in [0, 0.1) is 5.92 Å². The third-order valence-electron chi connectivity index (χ3n) is 9.82.